The Labute approximate surface area is 148 Å². The molecule has 0 radical (unpaired) electrons. The summed E-state index contributed by atoms with van der Waals surface area (Å²) < 4.78 is 42.8. The van der Waals surface area contributed by atoms with Gasteiger partial charge in [0.05, 0.1) is 5.69 Å². The van der Waals surface area contributed by atoms with Gasteiger partial charge in [-0.25, -0.2) is 0 Å². The second-order valence-electron chi connectivity index (χ2n) is 5.67. The Morgan fingerprint density at radius 1 is 1.27 bits per heavy atom. The van der Waals surface area contributed by atoms with Crippen molar-refractivity contribution in [2.45, 2.75) is 33.5 Å². The number of benzene rings is 1. The number of aromatic nitrogens is 1. The highest BCUT2D eigenvalue weighted by Gasteiger charge is 2.41. The highest BCUT2D eigenvalue weighted by Crippen LogP contribution is 2.21. The number of hydrogen-bond acceptors (Lipinski definition) is 4. The van der Waals surface area contributed by atoms with Gasteiger partial charge >= 0.3 is 12.1 Å². The predicted octanol–water partition coefficient (Wildman–Crippen LogP) is 3.45. The average molecular weight is 369 g/mol. The number of anilines is 1. The number of amides is 2. The van der Waals surface area contributed by atoms with Gasteiger partial charge in [-0.05, 0) is 38.5 Å². The van der Waals surface area contributed by atoms with Crippen LogP contribution in [0.25, 0.3) is 0 Å². The molecule has 0 spiro atoms. The summed E-state index contributed by atoms with van der Waals surface area (Å²) in [6.45, 7) is 4.39. The monoisotopic (exact) mass is 369 g/mol. The van der Waals surface area contributed by atoms with Gasteiger partial charge in [-0.3, -0.25) is 9.59 Å². The average Bonchev–Trinajstić information content (AvgIpc) is 2.90. The first-order valence-electron chi connectivity index (χ1n) is 7.82. The molecule has 1 aromatic heterocycles. The number of nitrogens with one attached hydrogen (secondary N) is 1. The molecule has 140 valence electrons. The van der Waals surface area contributed by atoms with Crippen molar-refractivity contribution in [3.63, 3.8) is 0 Å². The van der Waals surface area contributed by atoms with Crippen molar-refractivity contribution in [2.24, 2.45) is 0 Å². The van der Waals surface area contributed by atoms with Crippen molar-refractivity contribution < 1.29 is 27.3 Å². The van der Waals surface area contributed by atoms with Crippen LogP contribution in [-0.4, -0.2) is 34.6 Å². The van der Waals surface area contributed by atoms with Gasteiger partial charge in [0.2, 0.25) is 0 Å². The molecule has 0 aliphatic carbocycles. The van der Waals surface area contributed by atoms with Crippen LogP contribution in [0, 0.1) is 13.8 Å². The number of aryl methyl sites for hydroxylation is 2. The number of carbonyl (C=O) groups is 2. The molecule has 0 unspecified atom stereocenters. The number of carbonyl (C=O) groups excluding carboxylic acids is 2. The fraction of sp³-hybridized carbons (Fsp3) is 0.353. The third-order valence-corrected chi connectivity index (χ3v) is 3.73. The Hall–Kier alpha value is -2.84. The van der Waals surface area contributed by atoms with Crippen LogP contribution < -0.4 is 5.32 Å². The van der Waals surface area contributed by atoms with E-state index in [2.05, 4.69) is 10.5 Å². The zero-order valence-corrected chi connectivity index (χ0v) is 14.5. The Morgan fingerprint density at radius 2 is 1.96 bits per heavy atom. The zero-order valence-electron chi connectivity index (χ0n) is 14.5. The van der Waals surface area contributed by atoms with Gasteiger partial charge in [0, 0.05) is 18.8 Å². The van der Waals surface area contributed by atoms with Crippen molar-refractivity contribution in [3.8, 4) is 0 Å². The van der Waals surface area contributed by atoms with Crippen LogP contribution in [0.3, 0.4) is 0 Å². The van der Waals surface area contributed by atoms with Gasteiger partial charge in [-0.1, -0.05) is 17.3 Å². The fourth-order valence-corrected chi connectivity index (χ4v) is 2.48. The fourth-order valence-electron chi connectivity index (χ4n) is 2.48. The molecule has 0 saturated heterocycles. The van der Waals surface area contributed by atoms with Gasteiger partial charge in [-0.15, -0.1) is 0 Å². The largest absolute Gasteiger partial charge is 0.471 e. The summed E-state index contributed by atoms with van der Waals surface area (Å²) in [6.07, 6.45) is -4.93. The molecule has 1 N–H and O–H groups in total. The maximum atomic E-state index is 12.6. The molecule has 0 saturated carbocycles. The van der Waals surface area contributed by atoms with E-state index in [1.165, 1.54) is 13.0 Å². The molecular formula is C17H18F3N3O3. The normalized spacial score (nSPS) is 11.3. The summed E-state index contributed by atoms with van der Waals surface area (Å²) in [4.78, 5) is 24.4. The molecule has 2 aromatic rings. The van der Waals surface area contributed by atoms with E-state index in [1.54, 1.807) is 32.0 Å². The molecule has 9 heteroatoms. The van der Waals surface area contributed by atoms with Crippen molar-refractivity contribution in [2.75, 3.05) is 11.9 Å². The van der Waals surface area contributed by atoms with Crippen molar-refractivity contribution in [1.82, 2.24) is 10.1 Å². The molecule has 0 fully saturated rings. The summed E-state index contributed by atoms with van der Waals surface area (Å²) in [6, 6.07) is 6.28. The van der Waals surface area contributed by atoms with Crippen molar-refractivity contribution in [1.29, 1.82) is 0 Å². The number of halogens is 3. The van der Waals surface area contributed by atoms with E-state index in [0.29, 0.717) is 33.2 Å². The van der Waals surface area contributed by atoms with E-state index >= 15 is 0 Å². The lowest BCUT2D eigenvalue weighted by atomic mass is 10.1. The molecule has 0 atom stereocenters. The summed E-state index contributed by atoms with van der Waals surface area (Å²) in [5, 5.41) is 6.36. The first kappa shape index (κ1) is 19.5. The highest BCUT2D eigenvalue weighted by atomic mass is 19.4. The molecular weight excluding hydrogens is 351 g/mol. The van der Waals surface area contributed by atoms with Gasteiger partial charge < -0.3 is 14.7 Å². The third-order valence-electron chi connectivity index (χ3n) is 3.73. The minimum atomic E-state index is -4.93. The molecule has 2 rings (SSSR count). The summed E-state index contributed by atoms with van der Waals surface area (Å²) in [5.74, 6) is -1.97. The Kier molecular flexibility index (Phi) is 5.69. The van der Waals surface area contributed by atoms with Gasteiger partial charge in [0.15, 0.2) is 0 Å². The quantitative estimate of drug-likeness (QED) is 0.876. The summed E-state index contributed by atoms with van der Waals surface area (Å²) in [7, 11) is 0. The minimum Gasteiger partial charge on any atom is -0.361 e. The molecule has 26 heavy (non-hydrogen) atoms. The first-order chi connectivity index (χ1) is 12.1. The van der Waals surface area contributed by atoms with E-state index in [1.807, 2.05) is 0 Å². The van der Waals surface area contributed by atoms with Crippen molar-refractivity contribution >= 4 is 17.5 Å². The first-order valence-corrected chi connectivity index (χ1v) is 7.82. The zero-order chi connectivity index (χ0) is 19.5. The molecule has 6 nitrogen and oxygen atoms in total. The van der Waals surface area contributed by atoms with Crippen LogP contribution in [0.5, 0.6) is 0 Å². The third kappa shape index (κ3) is 4.41. The van der Waals surface area contributed by atoms with Crippen molar-refractivity contribution in [3.05, 3.63) is 46.8 Å². The molecule has 0 aliphatic heterocycles. The van der Waals surface area contributed by atoms with E-state index in [4.69, 9.17) is 4.52 Å². The van der Waals surface area contributed by atoms with Crippen LogP contribution in [0.4, 0.5) is 18.9 Å². The maximum absolute atomic E-state index is 12.6. The number of alkyl halides is 3. The lowest BCUT2D eigenvalue weighted by molar-refractivity contribution is -0.185. The lowest BCUT2D eigenvalue weighted by Crippen LogP contribution is -2.40. The smallest absolute Gasteiger partial charge is 0.361 e. The number of nitrogens with zero attached hydrogens (tertiary/aromatic N) is 2. The second kappa shape index (κ2) is 7.59. The molecule has 2 amide bonds. The molecule has 1 aromatic carbocycles. The Morgan fingerprint density at radius 3 is 2.50 bits per heavy atom. The maximum Gasteiger partial charge on any atom is 0.471 e. The van der Waals surface area contributed by atoms with E-state index in [9.17, 15) is 22.8 Å². The highest BCUT2D eigenvalue weighted by molar-refractivity contribution is 6.05. The van der Waals surface area contributed by atoms with E-state index < -0.39 is 18.0 Å². The second-order valence-corrected chi connectivity index (χ2v) is 5.67. The SMILES string of the molecule is CCN(Cc1cccc(NC(=O)c2c(C)noc2C)c1)C(=O)C(F)(F)F. The van der Waals surface area contributed by atoms with Crippen LogP contribution in [0.1, 0.15) is 34.3 Å². The van der Waals surface area contributed by atoms with Gasteiger partial charge in [0.25, 0.3) is 5.91 Å². The van der Waals surface area contributed by atoms with Crippen LogP contribution in [0.15, 0.2) is 28.8 Å². The lowest BCUT2D eigenvalue weighted by Gasteiger charge is -2.22. The number of hydrogen-bond donors (Lipinski definition) is 1. The van der Waals surface area contributed by atoms with Gasteiger partial charge in [-0.2, -0.15) is 13.2 Å². The topological polar surface area (TPSA) is 75.4 Å². The van der Waals surface area contributed by atoms with E-state index in [-0.39, 0.29) is 13.1 Å². The summed E-state index contributed by atoms with van der Waals surface area (Å²) in [5.41, 5.74) is 1.59. The molecule has 0 bridgehead atoms. The Bertz CT molecular complexity index is 796. The standard InChI is InChI=1S/C17H18F3N3O3/c1-4-23(16(25)17(18,19)20)9-12-6-5-7-13(8-12)21-15(24)14-10(2)22-26-11(14)3/h5-8H,4,9H2,1-3H3,(H,21,24). The molecule has 0 aliphatic rings. The minimum absolute atomic E-state index is 0.0893. The number of rotatable bonds is 5. The van der Waals surface area contributed by atoms with Crippen LogP contribution >= 0.6 is 0 Å². The van der Waals surface area contributed by atoms with E-state index in [0.717, 1.165) is 0 Å². The van der Waals surface area contributed by atoms with Crippen LogP contribution in [-0.2, 0) is 11.3 Å². The van der Waals surface area contributed by atoms with Crippen LogP contribution in [0.2, 0.25) is 0 Å². The molecule has 1 heterocycles. The van der Waals surface area contributed by atoms with Gasteiger partial charge in [0.1, 0.15) is 11.3 Å². The Balaban J connectivity index is 2.15. The summed E-state index contributed by atoms with van der Waals surface area (Å²) >= 11 is 0. The predicted molar refractivity (Wildman–Crippen MR) is 87.5 cm³/mol.